The molecule has 0 spiro atoms. The van der Waals surface area contributed by atoms with Crippen LogP contribution in [0.3, 0.4) is 0 Å². The van der Waals surface area contributed by atoms with Gasteiger partial charge in [-0.2, -0.15) is 0 Å². The predicted octanol–water partition coefficient (Wildman–Crippen LogP) is 7.83. The van der Waals surface area contributed by atoms with Gasteiger partial charge in [-0.25, -0.2) is 4.98 Å². The number of hydrogen-bond donors (Lipinski definition) is 0. The smallest absolute Gasteiger partial charge is 0.100 e. The van der Waals surface area contributed by atoms with Gasteiger partial charge in [0, 0.05) is 38.6 Å². The number of fused-ring (bicyclic) bond motifs is 3. The molecule has 168 valence electrons. The van der Waals surface area contributed by atoms with Crippen LogP contribution in [0.1, 0.15) is 16.7 Å². The van der Waals surface area contributed by atoms with E-state index in [1.54, 1.807) is 6.07 Å². The number of rotatable bonds is 6. The Balaban J connectivity index is 1.33. The molecular formula is C28H21Cl2N3S. The van der Waals surface area contributed by atoms with Gasteiger partial charge in [-0.15, -0.1) is 0 Å². The Labute approximate surface area is 213 Å². The average molecular weight is 502 g/mol. The third-order valence-corrected chi connectivity index (χ3v) is 6.64. The summed E-state index contributed by atoms with van der Waals surface area (Å²) >= 11 is 17.7. The summed E-state index contributed by atoms with van der Waals surface area (Å²) in [6.07, 6.45) is 4.35. The number of aryl methyl sites for hydroxylation is 1. The molecule has 5 aromatic rings. The van der Waals surface area contributed by atoms with E-state index in [2.05, 4.69) is 71.1 Å². The van der Waals surface area contributed by atoms with Crippen molar-refractivity contribution in [1.82, 2.24) is 9.55 Å². The highest BCUT2D eigenvalue weighted by Crippen LogP contribution is 2.27. The summed E-state index contributed by atoms with van der Waals surface area (Å²) in [6, 6.07) is 24.5. The summed E-state index contributed by atoms with van der Waals surface area (Å²) in [4.78, 5) is 10.1. The van der Waals surface area contributed by atoms with E-state index < -0.39 is 0 Å². The highest BCUT2D eigenvalue weighted by molar-refractivity contribution is 7.80. The van der Waals surface area contributed by atoms with Gasteiger partial charge in [0.1, 0.15) is 6.33 Å². The Kier molecular flexibility index (Phi) is 6.46. The van der Waals surface area contributed by atoms with E-state index in [9.17, 15) is 0 Å². The van der Waals surface area contributed by atoms with Crippen molar-refractivity contribution >= 4 is 68.3 Å². The molecule has 0 N–H and O–H groups in total. The number of hydrogen-bond acceptors (Lipinski definition) is 3. The van der Waals surface area contributed by atoms with Gasteiger partial charge in [0.2, 0.25) is 0 Å². The van der Waals surface area contributed by atoms with Crippen molar-refractivity contribution in [3.8, 4) is 5.69 Å². The van der Waals surface area contributed by atoms with Gasteiger partial charge in [-0.05, 0) is 59.8 Å². The lowest BCUT2D eigenvalue weighted by atomic mass is 10.1. The first-order chi connectivity index (χ1) is 16.5. The van der Waals surface area contributed by atoms with Crippen molar-refractivity contribution in [3.05, 3.63) is 106 Å². The second-order valence-electron chi connectivity index (χ2n) is 8.28. The molecule has 1 aromatic heterocycles. The van der Waals surface area contributed by atoms with E-state index in [1.807, 2.05) is 24.7 Å². The van der Waals surface area contributed by atoms with E-state index in [0.29, 0.717) is 23.0 Å². The first-order valence-corrected chi connectivity index (χ1v) is 12.1. The summed E-state index contributed by atoms with van der Waals surface area (Å²) in [5, 5.41) is 3.49. The zero-order valence-electron chi connectivity index (χ0n) is 18.5. The topological polar surface area (TPSA) is 30.2 Å². The normalized spacial score (nSPS) is 11.6. The van der Waals surface area contributed by atoms with Crippen molar-refractivity contribution in [2.75, 3.05) is 6.54 Å². The lowest BCUT2D eigenvalue weighted by molar-refractivity contribution is 1.09. The lowest BCUT2D eigenvalue weighted by Gasteiger charge is -2.06. The molecule has 0 aliphatic heterocycles. The minimum absolute atomic E-state index is 0.465. The Morgan fingerprint density at radius 3 is 2.62 bits per heavy atom. The summed E-state index contributed by atoms with van der Waals surface area (Å²) in [7, 11) is 0. The van der Waals surface area contributed by atoms with Crippen LogP contribution in [0.25, 0.3) is 27.5 Å². The van der Waals surface area contributed by atoms with Crippen molar-refractivity contribution in [2.24, 2.45) is 4.99 Å². The molecule has 0 aliphatic rings. The lowest BCUT2D eigenvalue weighted by Crippen LogP contribution is -2.04. The first-order valence-electron chi connectivity index (χ1n) is 10.9. The fourth-order valence-electron chi connectivity index (χ4n) is 4.01. The molecule has 34 heavy (non-hydrogen) atoms. The highest BCUT2D eigenvalue weighted by Gasteiger charge is 2.09. The van der Waals surface area contributed by atoms with Crippen LogP contribution in [0.2, 0.25) is 10.0 Å². The van der Waals surface area contributed by atoms with Crippen molar-refractivity contribution < 1.29 is 0 Å². The zero-order valence-corrected chi connectivity index (χ0v) is 20.8. The van der Waals surface area contributed by atoms with Crippen LogP contribution in [0.15, 0.2) is 84.1 Å². The zero-order chi connectivity index (χ0) is 23.7. The molecule has 0 atom stereocenters. The number of nitrogens with zero attached hydrogens (tertiary/aromatic N) is 3. The van der Waals surface area contributed by atoms with E-state index in [-0.39, 0.29) is 0 Å². The van der Waals surface area contributed by atoms with Crippen LogP contribution in [0.5, 0.6) is 0 Å². The number of benzene rings is 4. The molecule has 1 heterocycles. The molecule has 0 amide bonds. The average Bonchev–Trinajstić information content (AvgIpc) is 3.26. The third kappa shape index (κ3) is 4.76. The second-order valence-corrected chi connectivity index (χ2v) is 9.71. The quantitative estimate of drug-likeness (QED) is 0.175. The molecule has 6 heteroatoms. The first kappa shape index (κ1) is 22.7. The van der Waals surface area contributed by atoms with Crippen LogP contribution >= 0.6 is 35.4 Å². The molecule has 4 aromatic carbocycles. The number of aliphatic imine (C=N–C) groups is 1. The molecule has 0 aliphatic carbocycles. The second kappa shape index (κ2) is 9.67. The molecule has 0 radical (unpaired) electrons. The molecule has 5 rings (SSSR count). The predicted molar refractivity (Wildman–Crippen MR) is 149 cm³/mol. The molecule has 0 saturated carbocycles. The van der Waals surface area contributed by atoms with Crippen molar-refractivity contribution in [2.45, 2.75) is 13.3 Å². The maximum atomic E-state index is 6.25. The maximum Gasteiger partial charge on any atom is 0.100 e. The summed E-state index contributed by atoms with van der Waals surface area (Å²) < 4.78 is 2.12. The summed E-state index contributed by atoms with van der Waals surface area (Å²) in [6.45, 7) is 2.55. The molecular weight excluding hydrogens is 481 g/mol. The van der Waals surface area contributed by atoms with Crippen LogP contribution in [-0.2, 0) is 6.42 Å². The largest absolute Gasteiger partial charge is 0.299 e. The molecule has 0 fully saturated rings. The van der Waals surface area contributed by atoms with E-state index in [0.717, 1.165) is 43.5 Å². The number of aromatic nitrogens is 2. The van der Waals surface area contributed by atoms with Crippen LogP contribution < -0.4 is 0 Å². The van der Waals surface area contributed by atoms with Gasteiger partial charge in [0.05, 0.1) is 17.6 Å². The van der Waals surface area contributed by atoms with E-state index in [1.165, 1.54) is 5.56 Å². The maximum absolute atomic E-state index is 6.25. The SMILES string of the molecule is Cc1ccc(-n2cnc3c4ccc(C=NCC(=S)Cc5ccc(Cl)cc5Cl)cc4ccc32)cc1. The van der Waals surface area contributed by atoms with Crippen molar-refractivity contribution in [3.63, 3.8) is 0 Å². The molecule has 0 saturated heterocycles. The minimum atomic E-state index is 0.465. The van der Waals surface area contributed by atoms with E-state index in [4.69, 9.17) is 40.4 Å². The number of thiocarbonyl (C=S) groups is 1. The van der Waals surface area contributed by atoms with Gasteiger partial charge in [-0.1, -0.05) is 77.4 Å². The molecule has 3 nitrogen and oxygen atoms in total. The Hall–Kier alpha value is -3.05. The van der Waals surface area contributed by atoms with Gasteiger partial charge in [-0.3, -0.25) is 9.56 Å². The molecule has 0 unspecified atom stereocenters. The van der Waals surface area contributed by atoms with Gasteiger partial charge in [0.25, 0.3) is 0 Å². The van der Waals surface area contributed by atoms with Crippen LogP contribution in [-0.4, -0.2) is 27.2 Å². The standard InChI is InChI=1S/C28H21Cl2N3S/c1-18-2-8-23(9-3-18)33-17-32-28-25-10-4-19(12-20(25)6-11-27(28)33)15-31-16-24(34)13-21-5-7-22(29)14-26(21)30/h2-12,14-15,17H,13,16H2,1H3. The van der Waals surface area contributed by atoms with Crippen LogP contribution in [0.4, 0.5) is 0 Å². The van der Waals surface area contributed by atoms with Gasteiger partial charge >= 0.3 is 0 Å². The van der Waals surface area contributed by atoms with Crippen LogP contribution in [0, 0.1) is 6.92 Å². The summed E-state index contributed by atoms with van der Waals surface area (Å²) in [5.74, 6) is 0. The van der Waals surface area contributed by atoms with Crippen molar-refractivity contribution in [1.29, 1.82) is 0 Å². The third-order valence-electron chi connectivity index (χ3n) is 5.78. The number of imidazole rings is 1. The van der Waals surface area contributed by atoms with Gasteiger partial charge < -0.3 is 0 Å². The Morgan fingerprint density at radius 2 is 1.82 bits per heavy atom. The minimum Gasteiger partial charge on any atom is -0.299 e. The fraction of sp³-hybridized carbons (Fsp3) is 0.107. The molecule has 0 bridgehead atoms. The van der Waals surface area contributed by atoms with E-state index >= 15 is 0 Å². The fourth-order valence-corrected chi connectivity index (χ4v) is 4.71. The monoisotopic (exact) mass is 501 g/mol. The number of halogens is 2. The Morgan fingerprint density at radius 1 is 1.00 bits per heavy atom. The summed E-state index contributed by atoms with van der Waals surface area (Å²) in [5.41, 5.74) is 6.41. The Bertz CT molecular complexity index is 1550. The van der Waals surface area contributed by atoms with Gasteiger partial charge in [0.15, 0.2) is 0 Å². The highest BCUT2D eigenvalue weighted by atomic mass is 35.5.